The average molecular weight is 248 g/mol. The van der Waals surface area contributed by atoms with Gasteiger partial charge >= 0.3 is 0 Å². The van der Waals surface area contributed by atoms with Crippen molar-refractivity contribution < 1.29 is 4.74 Å². The number of nitrogens with two attached hydrogens (primary N) is 1. The molecule has 0 saturated heterocycles. The van der Waals surface area contributed by atoms with E-state index < -0.39 is 0 Å². The van der Waals surface area contributed by atoms with E-state index >= 15 is 0 Å². The van der Waals surface area contributed by atoms with Crippen molar-refractivity contribution in [2.45, 2.75) is 20.4 Å². The Balaban J connectivity index is 2.26. The van der Waals surface area contributed by atoms with E-state index in [2.05, 4.69) is 4.98 Å². The largest absolute Gasteiger partial charge is 0.494 e. The lowest BCUT2D eigenvalue weighted by atomic mass is 10.2. The van der Waals surface area contributed by atoms with Crippen LogP contribution in [-0.2, 0) is 6.54 Å². The van der Waals surface area contributed by atoms with Gasteiger partial charge in [0.05, 0.1) is 12.3 Å². The van der Waals surface area contributed by atoms with Gasteiger partial charge in [-0.15, -0.1) is 11.3 Å². The summed E-state index contributed by atoms with van der Waals surface area (Å²) in [6, 6.07) is 8.00. The molecule has 0 atom stereocenters. The van der Waals surface area contributed by atoms with E-state index in [4.69, 9.17) is 10.5 Å². The molecule has 0 unspecified atom stereocenters. The predicted octanol–water partition coefficient (Wildman–Crippen LogP) is 2.98. The van der Waals surface area contributed by atoms with Gasteiger partial charge < -0.3 is 10.5 Å². The zero-order chi connectivity index (χ0) is 12.3. The molecule has 0 aliphatic heterocycles. The van der Waals surface area contributed by atoms with E-state index in [1.165, 1.54) is 0 Å². The first kappa shape index (κ1) is 12.1. The lowest BCUT2D eigenvalue weighted by Crippen LogP contribution is -1.94. The molecule has 17 heavy (non-hydrogen) atoms. The van der Waals surface area contributed by atoms with Crippen LogP contribution in [0.2, 0.25) is 0 Å². The number of hydrogen-bond donors (Lipinski definition) is 1. The van der Waals surface area contributed by atoms with Crippen molar-refractivity contribution in [3.63, 3.8) is 0 Å². The highest BCUT2D eigenvalue weighted by molar-refractivity contribution is 7.15. The third-order valence-corrected chi connectivity index (χ3v) is 3.72. The van der Waals surface area contributed by atoms with E-state index in [1.54, 1.807) is 11.3 Å². The minimum absolute atomic E-state index is 0.556. The maximum atomic E-state index is 5.66. The van der Waals surface area contributed by atoms with Gasteiger partial charge in [0, 0.05) is 17.0 Å². The summed E-state index contributed by atoms with van der Waals surface area (Å²) in [5.74, 6) is 0.892. The van der Waals surface area contributed by atoms with E-state index in [9.17, 15) is 0 Å². The van der Waals surface area contributed by atoms with Crippen LogP contribution in [-0.4, -0.2) is 11.6 Å². The average Bonchev–Trinajstić information content (AvgIpc) is 2.72. The lowest BCUT2D eigenvalue weighted by Gasteiger charge is -2.02. The van der Waals surface area contributed by atoms with Crippen molar-refractivity contribution >= 4 is 11.3 Å². The third kappa shape index (κ3) is 2.65. The summed E-state index contributed by atoms with van der Waals surface area (Å²) in [6.07, 6.45) is 0. The van der Waals surface area contributed by atoms with Crippen LogP contribution in [0.1, 0.15) is 17.5 Å². The Morgan fingerprint density at radius 3 is 2.53 bits per heavy atom. The van der Waals surface area contributed by atoms with Crippen LogP contribution in [0.4, 0.5) is 0 Å². The van der Waals surface area contributed by atoms with E-state index in [0.29, 0.717) is 13.2 Å². The zero-order valence-corrected chi connectivity index (χ0v) is 10.9. The fourth-order valence-corrected chi connectivity index (χ4v) is 2.55. The van der Waals surface area contributed by atoms with Gasteiger partial charge in [-0.3, -0.25) is 0 Å². The van der Waals surface area contributed by atoms with Crippen molar-refractivity contribution in [1.29, 1.82) is 0 Å². The molecule has 90 valence electrons. The molecule has 1 aromatic carbocycles. The second kappa shape index (κ2) is 5.29. The number of aromatic nitrogens is 1. The molecule has 2 rings (SSSR count). The number of ether oxygens (including phenoxy) is 1. The van der Waals surface area contributed by atoms with Gasteiger partial charge in [-0.05, 0) is 38.1 Å². The van der Waals surface area contributed by atoms with Gasteiger partial charge in [-0.1, -0.05) is 0 Å². The second-order valence-electron chi connectivity index (χ2n) is 3.69. The highest BCUT2D eigenvalue weighted by Crippen LogP contribution is 2.28. The highest BCUT2D eigenvalue weighted by Gasteiger charge is 2.07. The van der Waals surface area contributed by atoms with Crippen molar-refractivity contribution in [1.82, 2.24) is 4.98 Å². The smallest absolute Gasteiger partial charge is 0.123 e. The summed E-state index contributed by atoms with van der Waals surface area (Å²) in [4.78, 5) is 5.67. The van der Waals surface area contributed by atoms with Crippen molar-refractivity contribution in [3.8, 4) is 16.3 Å². The summed E-state index contributed by atoms with van der Waals surface area (Å²) in [7, 11) is 0. The Morgan fingerprint density at radius 1 is 1.29 bits per heavy atom. The van der Waals surface area contributed by atoms with Crippen molar-refractivity contribution in [2.24, 2.45) is 5.73 Å². The van der Waals surface area contributed by atoms with Gasteiger partial charge in [-0.2, -0.15) is 0 Å². The van der Waals surface area contributed by atoms with Crippen LogP contribution in [0.5, 0.6) is 5.75 Å². The molecule has 0 aliphatic carbocycles. The normalized spacial score (nSPS) is 10.5. The molecule has 0 spiro atoms. The first-order valence-electron chi connectivity index (χ1n) is 5.64. The van der Waals surface area contributed by atoms with Gasteiger partial charge in [-0.25, -0.2) is 4.98 Å². The quantitative estimate of drug-likeness (QED) is 0.905. The first-order valence-corrected chi connectivity index (χ1v) is 6.46. The topological polar surface area (TPSA) is 48.1 Å². The first-order chi connectivity index (χ1) is 8.24. The lowest BCUT2D eigenvalue weighted by molar-refractivity contribution is 0.340. The van der Waals surface area contributed by atoms with Crippen molar-refractivity contribution in [2.75, 3.05) is 6.61 Å². The van der Waals surface area contributed by atoms with Crippen LogP contribution in [0.25, 0.3) is 10.6 Å². The highest BCUT2D eigenvalue weighted by atomic mass is 32.1. The van der Waals surface area contributed by atoms with Crippen LogP contribution in [0, 0.1) is 6.92 Å². The van der Waals surface area contributed by atoms with Crippen LogP contribution in [0.15, 0.2) is 24.3 Å². The minimum Gasteiger partial charge on any atom is -0.494 e. The van der Waals surface area contributed by atoms with E-state index in [-0.39, 0.29) is 0 Å². The fraction of sp³-hybridized carbons (Fsp3) is 0.308. The summed E-state index contributed by atoms with van der Waals surface area (Å²) in [6.45, 7) is 5.22. The Morgan fingerprint density at radius 2 is 2.00 bits per heavy atom. The van der Waals surface area contributed by atoms with Gasteiger partial charge in [0.2, 0.25) is 0 Å². The maximum absolute atomic E-state index is 5.66. The molecule has 3 nitrogen and oxygen atoms in total. The fourth-order valence-electron chi connectivity index (χ4n) is 1.60. The third-order valence-electron chi connectivity index (χ3n) is 2.49. The Hall–Kier alpha value is -1.39. The maximum Gasteiger partial charge on any atom is 0.123 e. The Kier molecular flexibility index (Phi) is 3.76. The minimum atomic E-state index is 0.556. The SMILES string of the molecule is CCOc1ccc(-c2nc(C)c(CN)s2)cc1. The summed E-state index contributed by atoms with van der Waals surface area (Å²) < 4.78 is 5.41. The number of hydrogen-bond acceptors (Lipinski definition) is 4. The van der Waals surface area contributed by atoms with E-state index in [1.807, 2.05) is 38.1 Å². The number of rotatable bonds is 4. The monoisotopic (exact) mass is 248 g/mol. The van der Waals surface area contributed by atoms with E-state index in [0.717, 1.165) is 26.9 Å². The van der Waals surface area contributed by atoms with Crippen LogP contribution >= 0.6 is 11.3 Å². The summed E-state index contributed by atoms with van der Waals surface area (Å²) in [5, 5.41) is 1.02. The number of benzene rings is 1. The number of aryl methyl sites for hydroxylation is 1. The van der Waals surface area contributed by atoms with Crippen LogP contribution in [0.3, 0.4) is 0 Å². The molecule has 4 heteroatoms. The molecule has 0 fully saturated rings. The molecule has 0 bridgehead atoms. The number of thiazole rings is 1. The van der Waals surface area contributed by atoms with Gasteiger partial charge in [0.15, 0.2) is 0 Å². The molecule has 2 aromatic rings. The summed E-state index contributed by atoms with van der Waals surface area (Å²) in [5.41, 5.74) is 7.80. The molecule has 2 N–H and O–H groups in total. The Labute approximate surface area is 105 Å². The molecular weight excluding hydrogens is 232 g/mol. The second-order valence-corrected chi connectivity index (χ2v) is 4.77. The molecule has 0 aliphatic rings. The molecule has 1 aromatic heterocycles. The predicted molar refractivity (Wildman–Crippen MR) is 71.3 cm³/mol. The summed E-state index contributed by atoms with van der Waals surface area (Å²) >= 11 is 1.65. The van der Waals surface area contributed by atoms with Gasteiger partial charge in [0.25, 0.3) is 0 Å². The molecular formula is C13H16N2OS. The Bertz CT molecular complexity index is 491. The molecule has 0 radical (unpaired) electrons. The standard InChI is InChI=1S/C13H16N2OS/c1-3-16-11-6-4-10(5-7-11)13-15-9(2)12(8-14)17-13/h4-7H,3,8,14H2,1-2H3. The molecule has 0 amide bonds. The van der Waals surface area contributed by atoms with Gasteiger partial charge in [0.1, 0.15) is 10.8 Å². The molecule has 0 saturated carbocycles. The zero-order valence-electron chi connectivity index (χ0n) is 10.1. The van der Waals surface area contributed by atoms with Crippen molar-refractivity contribution in [3.05, 3.63) is 34.8 Å². The number of nitrogens with zero attached hydrogens (tertiary/aromatic N) is 1. The van der Waals surface area contributed by atoms with Crippen LogP contribution < -0.4 is 10.5 Å². The molecule has 1 heterocycles.